The van der Waals surface area contributed by atoms with Crippen molar-refractivity contribution < 1.29 is 9.59 Å². The minimum atomic E-state index is -0.299. The van der Waals surface area contributed by atoms with E-state index >= 15 is 0 Å². The van der Waals surface area contributed by atoms with E-state index < -0.39 is 0 Å². The fraction of sp³-hybridized carbons (Fsp3) is 0.650. The summed E-state index contributed by atoms with van der Waals surface area (Å²) < 4.78 is 0. The quantitative estimate of drug-likeness (QED) is 0.850. The largest absolute Gasteiger partial charge is 0.368 e. The first-order valence-electron chi connectivity index (χ1n) is 10.2. The van der Waals surface area contributed by atoms with Gasteiger partial charge in [0.1, 0.15) is 0 Å². The van der Waals surface area contributed by atoms with Gasteiger partial charge in [-0.25, -0.2) is 0 Å². The van der Waals surface area contributed by atoms with E-state index in [1.165, 1.54) is 12.8 Å². The number of carbonyl (C=O) groups excluding carboxylic acids is 2. The highest BCUT2D eigenvalue weighted by atomic mass is 16.2. The summed E-state index contributed by atoms with van der Waals surface area (Å²) in [5.74, 6) is 0.131. The third kappa shape index (κ3) is 4.08. The van der Waals surface area contributed by atoms with Crippen molar-refractivity contribution in [1.29, 1.82) is 0 Å². The van der Waals surface area contributed by atoms with Gasteiger partial charge in [-0.2, -0.15) is 0 Å². The topological polar surface area (TPSA) is 68.8 Å². The van der Waals surface area contributed by atoms with Crippen LogP contribution in [-0.4, -0.2) is 78.0 Å². The molecule has 3 fully saturated rings. The third-order valence-electron chi connectivity index (χ3n) is 6.19. The van der Waals surface area contributed by atoms with Gasteiger partial charge in [-0.05, 0) is 25.0 Å². The average molecular weight is 371 g/mol. The minimum absolute atomic E-state index is 0.0249. The number of pyridine rings is 1. The lowest BCUT2D eigenvalue weighted by atomic mass is 10.0. The van der Waals surface area contributed by atoms with Gasteiger partial charge in [0.15, 0.2) is 0 Å². The maximum Gasteiger partial charge on any atom is 0.237 e. The van der Waals surface area contributed by atoms with Gasteiger partial charge in [0.25, 0.3) is 0 Å². The molecule has 1 aliphatic carbocycles. The zero-order chi connectivity index (χ0) is 18.6. The second-order valence-electron chi connectivity index (χ2n) is 7.76. The molecule has 1 aromatic heterocycles. The molecule has 146 valence electrons. The number of carbonyl (C=O) groups is 2. The van der Waals surface area contributed by atoms with Crippen molar-refractivity contribution >= 4 is 17.5 Å². The van der Waals surface area contributed by atoms with Crippen LogP contribution in [0.1, 0.15) is 32.1 Å². The van der Waals surface area contributed by atoms with Crippen molar-refractivity contribution in [1.82, 2.24) is 20.1 Å². The maximum atomic E-state index is 12.9. The molecule has 3 heterocycles. The van der Waals surface area contributed by atoms with Gasteiger partial charge in [0, 0.05) is 63.4 Å². The van der Waals surface area contributed by atoms with Crippen molar-refractivity contribution in [3.05, 3.63) is 24.5 Å². The first-order chi connectivity index (χ1) is 13.2. The number of piperazine rings is 2. The van der Waals surface area contributed by atoms with E-state index in [1.54, 1.807) is 12.4 Å². The molecule has 1 atom stereocenters. The number of hydrogen-bond acceptors (Lipinski definition) is 5. The zero-order valence-electron chi connectivity index (χ0n) is 15.8. The van der Waals surface area contributed by atoms with Crippen LogP contribution in [0.3, 0.4) is 0 Å². The predicted molar refractivity (Wildman–Crippen MR) is 103 cm³/mol. The average Bonchev–Trinajstić information content (AvgIpc) is 3.25. The van der Waals surface area contributed by atoms with E-state index in [1.807, 2.05) is 17.0 Å². The molecule has 0 aromatic carbocycles. The second-order valence-corrected chi connectivity index (χ2v) is 7.76. The molecule has 2 aliphatic heterocycles. The summed E-state index contributed by atoms with van der Waals surface area (Å²) in [6.45, 7) is 4.62. The number of hydrogen-bond donors (Lipinski definition) is 1. The SMILES string of the molecule is O=C1NCCN(C2CCCC2)C1CC(=O)N1CCN(c2ccncc2)CC1. The Hall–Kier alpha value is -2.15. The van der Waals surface area contributed by atoms with Gasteiger partial charge in [0.05, 0.1) is 12.5 Å². The molecule has 7 heteroatoms. The monoisotopic (exact) mass is 371 g/mol. The van der Waals surface area contributed by atoms with E-state index in [9.17, 15) is 9.59 Å². The Morgan fingerprint density at radius 1 is 1.07 bits per heavy atom. The molecule has 1 N–H and O–H groups in total. The van der Waals surface area contributed by atoms with Crippen LogP contribution < -0.4 is 10.2 Å². The molecule has 2 saturated heterocycles. The van der Waals surface area contributed by atoms with E-state index in [2.05, 4.69) is 20.1 Å². The molecule has 1 unspecified atom stereocenters. The molecule has 0 spiro atoms. The summed E-state index contributed by atoms with van der Waals surface area (Å²) in [5, 5.41) is 2.96. The van der Waals surface area contributed by atoms with Crippen LogP contribution in [-0.2, 0) is 9.59 Å². The van der Waals surface area contributed by atoms with Gasteiger partial charge < -0.3 is 15.1 Å². The molecule has 3 aliphatic rings. The van der Waals surface area contributed by atoms with E-state index in [4.69, 9.17) is 0 Å². The number of amides is 2. The van der Waals surface area contributed by atoms with Crippen LogP contribution in [0.25, 0.3) is 0 Å². The van der Waals surface area contributed by atoms with Crippen molar-refractivity contribution in [2.45, 2.75) is 44.2 Å². The number of nitrogens with zero attached hydrogens (tertiary/aromatic N) is 4. The molecular formula is C20H29N5O2. The normalized spacial score (nSPS) is 24.9. The molecule has 4 rings (SSSR count). The molecule has 0 bridgehead atoms. The molecular weight excluding hydrogens is 342 g/mol. The lowest BCUT2D eigenvalue weighted by Crippen LogP contribution is -2.59. The highest BCUT2D eigenvalue weighted by molar-refractivity contribution is 5.89. The fourth-order valence-electron chi connectivity index (χ4n) is 4.68. The molecule has 7 nitrogen and oxygen atoms in total. The summed E-state index contributed by atoms with van der Waals surface area (Å²) in [6, 6.07) is 4.18. The van der Waals surface area contributed by atoms with Crippen molar-refractivity contribution in [3.63, 3.8) is 0 Å². The highest BCUT2D eigenvalue weighted by Gasteiger charge is 2.37. The lowest BCUT2D eigenvalue weighted by molar-refractivity contribution is -0.140. The van der Waals surface area contributed by atoms with E-state index in [0.29, 0.717) is 32.1 Å². The molecule has 1 aromatic rings. The Morgan fingerprint density at radius 2 is 1.78 bits per heavy atom. The predicted octanol–water partition coefficient (Wildman–Crippen LogP) is 0.863. The van der Waals surface area contributed by atoms with Gasteiger partial charge in [-0.3, -0.25) is 19.5 Å². The zero-order valence-corrected chi connectivity index (χ0v) is 15.8. The highest BCUT2D eigenvalue weighted by Crippen LogP contribution is 2.27. The van der Waals surface area contributed by atoms with Crippen LogP contribution in [0.2, 0.25) is 0 Å². The second kappa shape index (κ2) is 8.25. The molecule has 27 heavy (non-hydrogen) atoms. The van der Waals surface area contributed by atoms with Gasteiger partial charge in [0.2, 0.25) is 11.8 Å². The maximum absolute atomic E-state index is 12.9. The van der Waals surface area contributed by atoms with Crippen LogP contribution in [0.5, 0.6) is 0 Å². The Bertz CT molecular complexity index is 654. The molecule has 2 amide bonds. The molecule has 1 saturated carbocycles. The van der Waals surface area contributed by atoms with Crippen molar-refractivity contribution in [2.24, 2.45) is 0 Å². The summed E-state index contributed by atoms with van der Waals surface area (Å²) in [6.07, 6.45) is 8.68. The van der Waals surface area contributed by atoms with E-state index in [-0.39, 0.29) is 17.9 Å². The Morgan fingerprint density at radius 3 is 2.48 bits per heavy atom. The Kier molecular flexibility index (Phi) is 5.57. The minimum Gasteiger partial charge on any atom is -0.368 e. The standard InChI is InChI=1S/C20H29N5O2/c26-19(24-13-11-23(12-14-24)16-5-7-21-8-6-16)15-18-20(27)22-9-10-25(18)17-3-1-2-4-17/h5-8,17-18H,1-4,9-15H2,(H,22,27). The van der Waals surface area contributed by atoms with Gasteiger partial charge in [-0.15, -0.1) is 0 Å². The number of anilines is 1. The lowest BCUT2D eigenvalue weighted by Gasteiger charge is -2.41. The Labute approximate surface area is 160 Å². The fourth-order valence-corrected chi connectivity index (χ4v) is 4.68. The van der Waals surface area contributed by atoms with Crippen LogP contribution in [0.15, 0.2) is 24.5 Å². The van der Waals surface area contributed by atoms with Gasteiger partial charge in [-0.1, -0.05) is 12.8 Å². The van der Waals surface area contributed by atoms with Crippen molar-refractivity contribution in [3.8, 4) is 0 Å². The summed E-state index contributed by atoms with van der Waals surface area (Å²) in [7, 11) is 0. The first kappa shape index (κ1) is 18.2. The van der Waals surface area contributed by atoms with Crippen LogP contribution in [0.4, 0.5) is 5.69 Å². The molecule has 0 radical (unpaired) electrons. The van der Waals surface area contributed by atoms with Crippen molar-refractivity contribution in [2.75, 3.05) is 44.2 Å². The van der Waals surface area contributed by atoms with E-state index in [0.717, 1.165) is 38.2 Å². The number of aromatic nitrogens is 1. The first-order valence-corrected chi connectivity index (χ1v) is 10.2. The smallest absolute Gasteiger partial charge is 0.237 e. The summed E-state index contributed by atoms with van der Waals surface area (Å²) in [4.78, 5) is 36.0. The Balaban J connectivity index is 1.34. The summed E-state index contributed by atoms with van der Waals surface area (Å²) in [5.41, 5.74) is 1.15. The number of nitrogens with one attached hydrogen (secondary N) is 1. The van der Waals surface area contributed by atoms with Crippen LogP contribution >= 0.6 is 0 Å². The van der Waals surface area contributed by atoms with Crippen LogP contribution in [0, 0.1) is 0 Å². The van der Waals surface area contributed by atoms with Gasteiger partial charge >= 0.3 is 0 Å². The number of rotatable bonds is 4. The summed E-state index contributed by atoms with van der Waals surface area (Å²) >= 11 is 0. The third-order valence-corrected chi connectivity index (χ3v) is 6.19.